The van der Waals surface area contributed by atoms with Gasteiger partial charge >= 0.3 is 11.1 Å². The predicted octanol–water partition coefficient (Wildman–Crippen LogP) is 0.535. The molecular formula is C10H10N2O2. The van der Waals surface area contributed by atoms with Crippen LogP contribution in [0.5, 0.6) is 0 Å². The van der Waals surface area contributed by atoms with Gasteiger partial charge in [-0.25, -0.2) is 0 Å². The van der Waals surface area contributed by atoms with Gasteiger partial charge in [0.15, 0.2) is 0 Å². The van der Waals surface area contributed by atoms with E-state index < -0.39 is 11.1 Å². The molecule has 0 aliphatic rings. The molecule has 0 radical (unpaired) electrons. The molecule has 0 aliphatic heterocycles. The van der Waals surface area contributed by atoms with Gasteiger partial charge in [-0.1, -0.05) is 6.07 Å². The molecular weight excluding hydrogens is 180 g/mol. The number of hydrogen-bond donors (Lipinski definition) is 1. The van der Waals surface area contributed by atoms with E-state index in [2.05, 4.69) is 4.98 Å². The Bertz CT molecular complexity index is 608. The van der Waals surface area contributed by atoms with Crippen LogP contribution in [0.25, 0.3) is 11.0 Å². The SMILES string of the molecule is Cc1ccc2[nH]c(=O)c(=O)n(C)c2c1. The van der Waals surface area contributed by atoms with Gasteiger partial charge in [0.05, 0.1) is 11.0 Å². The van der Waals surface area contributed by atoms with Crippen molar-refractivity contribution in [2.24, 2.45) is 7.05 Å². The molecule has 72 valence electrons. The van der Waals surface area contributed by atoms with Gasteiger partial charge in [-0.3, -0.25) is 9.59 Å². The molecule has 2 aromatic rings. The number of aromatic nitrogens is 2. The Labute approximate surface area is 79.8 Å². The highest BCUT2D eigenvalue weighted by molar-refractivity contribution is 5.75. The number of hydrogen-bond acceptors (Lipinski definition) is 2. The third-order valence-electron chi connectivity index (χ3n) is 2.26. The summed E-state index contributed by atoms with van der Waals surface area (Å²) in [7, 11) is 1.60. The maximum atomic E-state index is 11.3. The second-order valence-corrected chi connectivity index (χ2v) is 3.34. The number of nitrogens with one attached hydrogen (secondary N) is 1. The second kappa shape index (κ2) is 2.83. The summed E-state index contributed by atoms with van der Waals surface area (Å²) in [5.41, 5.74) is 1.38. The van der Waals surface area contributed by atoms with Crippen molar-refractivity contribution in [3.63, 3.8) is 0 Å². The average molecular weight is 190 g/mol. The van der Waals surface area contributed by atoms with Crippen molar-refractivity contribution in [1.29, 1.82) is 0 Å². The Morgan fingerprint density at radius 2 is 2.00 bits per heavy atom. The molecule has 0 fully saturated rings. The topological polar surface area (TPSA) is 54.9 Å². The number of fused-ring (bicyclic) bond motifs is 1. The molecule has 0 saturated carbocycles. The first-order chi connectivity index (χ1) is 6.59. The van der Waals surface area contributed by atoms with Crippen molar-refractivity contribution in [1.82, 2.24) is 9.55 Å². The first-order valence-corrected chi connectivity index (χ1v) is 4.29. The zero-order valence-electron chi connectivity index (χ0n) is 8.00. The molecule has 0 spiro atoms. The van der Waals surface area contributed by atoms with Crippen molar-refractivity contribution in [3.8, 4) is 0 Å². The molecule has 14 heavy (non-hydrogen) atoms. The molecule has 1 aromatic heterocycles. The van der Waals surface area contributed by atoms with Gasteiger partial charge in [-0.05, 0) is 24.6 Å². The molecule has 1 aromatic carbocycles. The number of aryl methyl sites for hydroxylation is 2. The smallest absolute Gasteiger partial charge is 0.316 e. The minimum atomic E-state index is -0.580. The Balaban J connectivity index is 3.07. The molecule has 0 amide bonds. The van der Waals surface area contributed by atoms with Crippen molar-refractivity contribution < 1.29 is 0 Å². The fourth-order valence-corrected chi connectivity index (χ4v) is 1.46. The van der Waals surface area contributed by atoms with Gasteiger partial charge < -0.3 is 9.55 Å². The number of nitrogens with zero attached hydrogens (tertiary/aromatic N) is 1. The van der Waals surface area contributed by atoms with Crippen LogP contribution in [0.4, 0.5) is 0 Å². The van der Waals surface area contributed by atoms with E-state index >= 15 is 0 Å². The summed E-state index contributed by atoms with van der Waals surface area (Å²) in [6.07, 6.45) is 0. The quantitative estimate of drug-likeness (QED) is 0.616. The van der Waals surface area contributed by atoms with Gasteiger partial charge in [-0.15, -0.1) is 0 Å². The first-order valence-electron chi connectivity index (χ1n) is 4.29. The Kier molecular flexibility index (Phi) is 1.77. The van der Waals surface area contributed by atoms with Crippen LogP contribution >= 0.6 is 0 Å². The van der Waals surface area contributed by atoms with E-state index in [4.69, 9.17) is 0 Å². The molecule has 0 unspecified atom stereocenters. The third-order valence-corrected chi connectivity index (χ3v) is 2.26. The maximum absolute atomic E-state index is 11.3. The lowest BCUT2D eigenvalue weighted by molar-refractivity contribution is 0.873. The lowest BCUT2D eigenvalue weighted by Gasteiger charge is -2.03. The van der Waals surface area contributed by atoms with Crippen LogP contribution in [0.3, 0.4) is 0 Å². The monoisotopic (exact) mass is 190 g/mol. The molecule has 4 nitrogen and oxygen atoms in total. The van der Waals surface area contributed by atoms with Gasteiger partial charge in [0.25, 0.3) is 0 Å². The van der Waals surface area contributed by atoms with E-state index in [1.807, 2.05) is 19.1 Å². The number of rotatable bonds is 0. The van der Waals surface area contributed by atoms with Crippen LogP contribution in [-0.2, 0) is 7.05 Å². The normalized spacial score (nSPS) is 10.7. The molecule has 0 atom stereocenters. The number of aromatic amines is 1. The summed E-state index contributed by atoms with van der Waals surface area (Å²) in [6.45, 7) is 1.94. The summed E-state index contributed by atoms with van der Waals surface area (Å²) in [5, 5.41) is 0. The molecule has 2 rings (SSSR count). The molecule has 1 N–H and O–H groups in total. The summed E-state index contributed by atoms with van der Waals surface area (Å²) < 4.78 is 1.36. The fraction of sp³-hybridized carbons (Fsp3) is 0.200. The van der Waals surface area contributed by atoms with Gasteiger partial charge in [0, 0.05) is 7.05 Å². The predicted molar refractivity (Wildman–Crippen MR) is 54.5 cm³/mol. The lowest BCUT2D eigenvalue weighted by Crippen LogP contribution is -2.34. The van der Waals surface area contributed by atoms with Gasteiger partial charge in [0.2, 0.25) is 0 Å². The van der Waals surface area contributed by atoms with Crippen LogP contribution in [0.2, 0.25) is 0 Å². The summed E-state index contributed by atoms with van der Waals surface area (Å²) in [4.78, 5) is 25.0. The van der Waals surface area contributed by atoms with Crippen LogP contribution in [0, 0.1) is 6.92 Å². The molecule has 0 bridgehead atoms. The fourth-order valence-electron chi connectivity index (χ4n) is 1.46. The Hall–Kier alpha value is -1.84. The summed E-state index contributed by atoms with van der Waals surface area (Å²) >= 11 is 0. The van der Waals surface area contributed by atoms with Crippen LogP contribution < -0.4 is 11.1 Å². The average Bonchev–Trinajstić information content (AvgIpc) is 2.16. The first kappa shape index (κ1) is 8.74. The number of benzene rings is 1. The molecule has 0 saturated heterocycles. The van der Waals surface area contributed by atoms with E-state index in [1.54, 1.807) is 13.1 Å². The standard InChI is InChI=1S/C10H10N2O2/c1-6-3-4-7-8(5-6)12(2)10(14)9(13)11-7/h3-5H,1-2H3,(H,11,13). The Morgan fingerprint density at radius 1 is 1.29 bits per heavy atom. The van der Waals surface area contributed by atoms with E-state index in [-0.39, 0.29) is 0 Å². The van der Waals surface area contributed by atoms with E-state index in [0.29, 0.717) is 5.52 Å². The van der Waals surface area contributed by atoms with E-state index in [0.717, 1.165) is 11.1 Å². The van der Waals surface area contributed by atoms with Crippen LogP contribution in [-0.4, -0.2) is 9.55 Å². The van der Waals surface area contributed by atoms with Gasteiger partial charge in [0.1, 0.15) is 0 Å². The molecule has 4 heteroatoms. The number of H-pyrrole nitrogens is 1. The van der Waals surface area contributed by atoms with Crippen LogP contribution in [0.15, 0.2) is 27.8 Å². The lowest BCUT2D eigenvalue weighted by atomic mass is 10.2. The largest absolute Gasteiger partial charge is 0.316 e. The highest BCUT2D eigenvalue weighted by Crippen LogP contribution is 2.09. The second-order valence-electron chi connectivity index (χ2n) is 3.34. The highest BCUT2D eigenvalue weighted by atomic mass is 16.2. The zero-order valence-corrected chi connectivity index (χ0v) is 8.00. The van der Waals surface area contributed by atoms with Crippen molar-refractivity contribution in [3.05, 3.63) is 44.5 Å². The third kappa shape index (κ3) is 1.16. The van der Waals surface area contributed by atoms with Gasteiger partial charge in [-0.2, -0.15) is 0 Å². The minimum Gasteiger partial charge on any atom is -0.316 e. The van der Waals surface area contributed by atoms with Crippen LogP contribution in [0.1, 0.15) is 5.56 Å². The Morgan fingerprint density at radius 3 is 2.71 bits per heavy atom. The van der Waals surface area contributed by atoms with E-state index in [1.165, 1.54) is 4.57 Å². The van der Waals surface area contributed by atoms with Crippen molar-refractivity contribution >= 4 is 11.0 Å². The summed E-state index contributed by atoms with van der Waals surface area (Å²) in [6, 6.07) is 5.56. The maximum Gasteiger partial charge on any atom is 0.316 e. The van der Waals surface area contributed by atoms with E-state index in [9.17, 15) is 9.59 Å². The molecule has 1 heterocycles. The highest BCUT2D eigenvalue weighted by Gasteiger charge is 2.02. The van der Waals surface area contributed by atoms with Crippen molar-refractivity contribution in [2.75, 3.05) is 0 Å². The minimum absolute atomic E-state index is 0.525. The van der Waals surface area contributed by atoms with Crippen molar-refractivity contribution in [2.45, 2.75) is 6.92 Å². The zero-order chi connectivity index (χ0) is 10.3. The molecule has 0 aliphatic carbocycles. The summed E-state index contributed by atoms with van der Waals surface area (Å²) in [5.74, 6) is 0.